The largest absolute Gasteiger partial charge is 0.294 e. The van der Waals surface area contributed by atoms with E-state index in [1.807, 2.05) is 10.6 Å². The molecule has 2 heterocycles. The lowest BCUT2D eigenvalue weighted by Crippen LogP contribution is -1.89. The van der Waals surface area contributed by atoms with Gasteiger partial charge in [0.05, 0.1) is 16.2 Å². The minimum absolute atomic E-state index is 0.606. The first-order chi connectivity index (χ1) is 6.22. The van der Waals surface area contributed by atoms with Crippen molar-refractivity contribution in [3.8, 4) is 6.07 Å². The van der Waals surface area contributed by atoms with Crippen molar-refractivity contribution in [2.24, 2.45) is 0 Å². The molecule has 0 fully saturated rings. The first-order valence-electron chi connectivity index (χ1n) is 3.44. The number of hydrogen-bond donors (Lipinski definition) is 0. The first kappa shape index (κ1) is 8.97. The van der Waals surface area contributed by atoms with Crippen molar-refractivity contribution < 1.29 is 0 Å². The number of imidazole rings is 1. The predicted octanol–water partition coefficient (Wildman–Crippen LogP) is 2.57. The molecule has 5 heteroatoms. The second kappa shape index (κ2) is 3.27. The van der Waals surface area contributed by atoms with Gasteiger partial charge in [-0.1, -0.05) is 0 Å². The molecule has 0 amide bonds. The molecule has 0 aliphatic carbocycles. The topological polar surface area (TPSA) is 41.1 Å². The molecule has 2 aromatic heterocycles. The lowest BCUT2D eigenvalue weighted by Gasteiger charge is -1.98. The molecule has 0 atom stereocenters. The Labute approximate surface area is 96.7 Å². The van der Waals surface area contributed by atoms with Gasteiger partial charge in [-0.25, -0.2) is 4.98 Å². The van der Waals surface area contributed by atoms with Crippen LogP contribution < -0.4 is 0 Å². The molecule has 0 spiro atoms. The standard InChI is InChI=1S/C8H3BrIN3/c9-6-4-13-7(10)3-12-8(13)1-5(6)2-11/h1,3-4H. The van der Waals surface area contributed by atoms with Crippen LogP contribution in [0.4, 0.5) is 0 Å². The number of hydrogen-bond acceptors (Lipinski definition) is 2. The third-order valence-electron chi connectivity index (χ3n) is 1.67. The molecule has 2 rings (SSSR count). The van der Waals surface area contributed by atoms with Crippen molar-refractivity contribution in [3.05, 3.63) is 32.2 Å². The summed E-state index contributed by atoms with van der Waals surface area (Å²) in [7, 11) is 0. The molecule has 0 N–H and O–H groups in total. The Kier molecular flexibility index (Phi) is 2.26. The van der Waals surface area contributed by atoms with E-state index < -0.39 is 0 Å². The highest BCUT2D eigenvalue weighted by molar-refractivity contribution is 14.1. The second-order valence-electron chi connectivity index (χ2n) is 2.46. The Bertz CT molecular complexity index is 512. The first-order valence-corrected chi connectivity index (χ1v) is 5.32. The van der Waals surface area contributed by atoms with Crippen LogP contribution in [0.2, 0.25) is 0 Å². The maximum absolute atomic E-state index is 8.77. The fraction of sp³-hybridized carbons (Fsp3) is 0. The Morgan fingerprint density at radius 1 is 1.62 bits per heavy atom. The van der Waals surface area contributed by atoms with Gasteiger partial charge in [0.15, 0.2) is 0 Å². The predicted molar refractivity (Wildman–Crippen MR) is 60.3 cm³/mol. The maximum Gasteiger partial charge on any atom is 0.138 e. The van der Waals surface area contributed by atoms with Gasteiger partial charge in [-0.3, -0.25) is 4.40 Å². The van der Waals surface area contributed by atoms with E-state index in [4.69, 9.17) is 5.26 Å². The highest BCUT2D eigenvalue weighted by Crippen LogP contribution is 2.19. The van der Waals surface area contributed by atoms with Gasteiger partial charge in [-0.2, -0.15) is 5.26 Å². The average molecular weight is 348 g/mol. The molecule has 0 saturated carbocycles. The van der Waals surface area contributed by atoms with Crippen LogP contribution in [0.15, 0.2) is 22.9 Å². The van der Waals surface area contributed by atoms with Gasteiger partial charge in [-0.15, -0.1) is 0 Å². The van der Waals surface area contributed by atoms with Gasteiger partial charge in [0.25, 0.3) is 0 Å². The van der Waals surface area contributed by atoms with Crippen molar-refractivity contribution in [1.29, 1.82) is 5.26 Å². The number of nitriles is 1. The average Bonchev–Trinajstić information content (AvgIpc) is 2.47. The van der Waals surface area contributed by atoms with Crippen LogP contribution in [-0.2, 0) is 0 Å². The van der Waals surface area contributed by atoms with E-state index in [1.165, 1.54) is 0 Å². The molecule has 0 aromatic carbocycles. The number of halogens is 2. The van der Waals surface area contributed by atoms with Gasteiger partial charge in [0, 0.05) is 12.3 Å². The normalized spacial score (nSPS) is 10.2. The van der Waals surface area contributed by atoms with Gasteiger partial charge in [0.2, 0.25) is 0 Å². The molecule has 0 aliphatic heterocycles. The third kappa shape index (κ3) is 1.44. The zero-order valence-electron chi connectivity index (χ0n) is 6.33. The van der Waals surface area contributed by atoms with Crippen LogP contribution in [0.5, 0.6) is 0 Å². The van der Waals surface area contributed by atoms with Crippen molar-refractivity contribution in [3.63, 3.8) is 0 Å². The SMILES string of the molecule is N#Cc1cc2ncc(I)n2cc1Br. The van der Waals surface area contributed by atoms with Crippen molar-refractivity contribution in [2.45, 2.75) is 0 Å². The van der Waals surface area contributed by atoms with Crippen LogP contribution in [-0.4, -0.2) is 9.38 Å². The van der Waals surface area contributed by atoms with E-state index >= 15 is 0 Å². The molecule has 13 heavy (non-hydrogen) atoms. The molecule has 0 unspecified atom stereocenters. The Balaban J connectivity index is 2.85. The lowest BCUT2D eigenvalue weighted by atomic mass is 10.3. The quantitative estimate of drug-likeness (QED) is 0.687. The lowest BCUT2D eigenvalue weighted by molar-refractivity contribution is 1.13. The fourth-order valence-corrected chi connectivity index (χ4v) is 1.99. The van der Waals surface area contributed by atoms with Crippen molar-refractivity contribution in [1.82, 2.24) is 9.38 Å². The highest BCUT2D eigenvalue weighted by atomic mass is 127. The number of nitrogens with zero attached hydrogens (tertiary/aromatic N) is 3. The van der Waals surface area contributed by atoms with Crippen LogP contribution in [0.3, 0.4) is 0 Å². The summed E-state index contributed by atoms with van der Waals surface area (Å²) in [6.07, 6.45) is 3.62. The van der Waals surface area contributed by atoms with E-state index in [9.17, 15) is 0 Å². The van der Waals surface area contributed by atoms with Crippen LogP contribution in [0, 0.1) is 15.0 Å². The zero-order valence-corrected chi connectivity index (χ0v) is 10.1. The molecule has 0 bridgehead atoms. The van der Waals surface area contributed by atoms with Gasteiger partial charge < -0.3 is 0 Å². The van der Waals surface area contributed by atoms with Crippen molar-refractivity contribution >= 4 is 44.2 Å². The summed E-state index contributed by atoms with van der Waals surface area (Å²) in [4.78, 5) is 4.15. The zero-order chi connectivity index (χ0) is 9.42. The minimum Gasteiger partial charge on any atom is -0.294 e. The summed E-state index contributed by atoms with van der Waals surface area (Å²) in [5, 5.41) is 8.77. The smallest absolute Gasteiger partial charge is 0.138 e. The summed E-state index contributed by atoms with van der Waals surface area (Å²) >= 11 is 5.51. The number of fused-ring (bicyclic) bond motifs is 1. The summed E-state index contributed by atoms with van der Waals surface area (Å²) in [6, 6.07) is 3.85. The maximum atomic E-state index is 8.77. The summed E-state index contributed by atoms with van der Waals surface area (Å²) in [5.74, 6) is 0. The number of aromatic nitrogens is 2. The number of pyridine rings is 1. The highest BCUT2D eigenvalue weighted by Gasteiger charge is 2.04. The molecule has 2 aromatic rings. The molecule has 3 nitrogen and oxygen atoms in total. The van der Waals surface area contributed by atoms with Crippen molar-refractivity contribution in [2.75, 3.05) is 0 Å². The van der Waals surface area contributed by atoms with Crippen LogP contribution >= 0.6 is 38.5 Å². The van der Waals surface area contributed by atoms with Crippen LogP contribution in [0.1, 0.15) is 5.56 Å². The van der Waals surface area contributed by atoms with E-state index in [0.29, 0.717) is 5.56 Å². The van der Waals surface area contributed by atoms with E-state index in [-0.39, 0.29) is 0 Å². The van der Waals surface area contributed by atoms with E-state index in [2.05, 4.69) is 49.6 Å². The van der Waals surface area contributed by atoms with Gasteiger partial charge in [0.1, 0.15) is 15.4 Å². The van der Waals surface area contributed by atoms with E-state index in [1.54, 1.807) is 12.3 Å². The molecule has 0 aliphatic rings. The molecule has 0 radical (unpaired) electrons. The van der Waals surface area contributed by atoms with Crippen LogP contribution in [0.25, 0.3) is 5.65 Å². The van der Waals surface area contributed by atoms with E-state index in [0.717, 1.165) is 13.8 Å². The van der Waals surface area contributed by atoms with Gasteiger partial charge in [-0.05, 0) is 38.5 Å². The third-order valence-corrected chi connectivity index (χ3v) is 3.10. The molecular weight excluding hydrogens is 345 g/mol. The second-order valence-corrected chi connectivity index (χ2v) is 4.42. The summed E-state index contributed by atoms with van der Waals surface area (Å²) < 4.78 is 3.74. The summed E-state index contributed by atoms with van der Waals surface area (Å²) in [5.41, 5.74) is 1.40. The fourth-order valence-electron chi connectivity index (χ4n) is 1.05. The Morgan fingerprint density at radius 3 is 3.08 bits per heavy atom. The summed E-state index contributed by atoms with van der Waals surface area (Å²) in [6.45, 7) is 0. The molecule has 0 saturated heterocycles. The molecular formula is C8H3BrIN3. The monoisotopic (exact) mass is 347 g/mol. The molecule has 64 valence electrons. The Hall–Kier alpha value is -0.610. The number of rotatable bonds is 0. The van der Waals surface area contributed by atoms with Gasteiger partial charge >= 0.3 is 0 Å². The minimum atomic E-state index is 0.606. The Morgan fingerprint density at radius 2 is 2.38 bits per heavy atom.